The lowest BCUT2D eigenvalue weighted by Gasteiger charge is -2.10. The average molecular weight is 391 g/mol. The van der Waals surface area contributed by atoms with Crippen molar-refractivity contribution in [3.63, 3.8) is 0 Å². The van der Waals surface area contributed by atoms with Gasteiger partial charge in [0.2, 0.25) is 0 Å². The number of nitrogens with zero attached hydrogens (tertiary/aromatic N) is 2. The maximum atomic E-state index is 13.0. The van der Waals surface area contributed by atoms with Crippen molar-refractivity contribution in [3.8, 4) is 22.7 Å². The van der Waals surface area contributed by atoms with Gasteiger partial charge in [-0.25, -0.2) is 4.68 Å². The van der Waals surface area contributed by atoms with Gasteiger partial charge in [-0.1, -0.05) is 29.8 Å². The fourth-order valence-electron chi connectivity index (χ4n) is 3.46. The van der Waals surface area contributed by atoms with E-state index >= 15 is 0 Å². The molecule has 1 aromatic heterocycles. The van der Waals surface area contributed by atoms with Crippen LogP contribution in [0.5, 0.6) is 5.75 Å². The van der Waals surface area contributed by atoms with Gasteiger partial charge in [-0.2, -0.15) is 5.10 Å². The van der Waals surface area contributed by atoms with Crippen LogP contribution < -0.4 is 10.1 Å². The molecular weight excluding hydrogens is 366 g/mol. The van der Waals surface area contributed by atoms with Crippen molar-refractivity contribution in [2.75, 3.05) is 20.3 Å². The van der Waals surface area contributed by atoms with Crippen LogP contribution in [0.25, 0.3) is 16.9 Å². The lowest BCUT2D eigenvalue weighted by Crippen LogP contribution is -2.31. The van der Waals surface area contributed by atoms with Gasteiger partial charge < -0.3 is 14.8 Å². The summed E-state index contributed by atoms with van der Waals surface area (Å²) in [5.41, 5.74) is 4.05. The van der Waals surface area contributed by atoms with E-state index in [1.807, 2.05) is 55.5 Å². The van der Waals surface area contributed by atoms with Crippen molar-refractivity contribution in [3.05, 3.63) is 65.9 Å². The highest BCUT2D eigenvalue weighted by molar-refractivity contribution is 6.00. The Balaban J connectivity index is 1.68. The first-order valence-corrected chi connectivity index (χ1v) is 9.85. The molecule has 2 heterocycles. The van der Waals surface area contributed by atoms with Crippen LogP contribution in [0.4, 0.5) is 0 Å². The largest absolute Gasteiger partial charge is 0.497 e. The van der Waals surface area contributed by atoms with Crippen LogP contribution in [0.15, 0.2) is 54.7 Å². The molecule has 1 amide bonds. The van der Waals surface area contributed by atoms with E-state index in [4.69, 9.17) is 14.6 Å². The quantitative estimate of drug-likeness (QED) is 0.695. The number of ether oxygens (including phenoxy) is 2. The number of rotatable bonds is 6. The number of aromatic nitrogens is 2. The number of carbonyl (C=O) groups is 1. The Kier molecular flexibility index (Phi) is 5.62. The van der Waals surface area contributed by atoms with Gasteiger partial charge >= 0.3 is 0 Å². The summed E-state index contributed by atoms with van der Waals surface area (Å²) < 4.78 is 12.7. The summed E-state index contributed by atoms with van der Waals surface area (Å²) in [5, 5.41) is 7.73. The summed E-state index contributed by atoms with van der Waals surface area (Å²) in [6.45, 7) is 3.31. The third kappa shape index (κ3) is 4.32. The minimum Gasteiger partial charge on any atom is -0.497 e. The number of carbonyl (C=O) groups excluding carboxylic acids is 1. The van der Waals surface area contributed by atoms with E-state index in [1.54, 1.807) is 18.0 Å². The molecular formula is C23H25N3O3. The van der Waals surface area contributed by atoms with E-state index in [9.17, 15) is 4.79 Å². The van der Waals surface area contributed by atoms with Crippen molar-refractivity contribution in [2.24, 2.45) is 0 Å². The Labute approximate surface area is 170 Å². The SMILES string of the molecule is COc1cccc(-c2nn(-c3ccc(C)cc3)cc2C(=O)NC[C@H]2CCCO2)c1. The summed E-state index contributed by atoms with van der Waals surface area (Å²) in [6.07, 6.45) is 3.89. The Morgan fingerprint density at radius 1 is 1.28 bits per heavy atom. The van der Waals surface area contributed by atoms with Gasteiger partial charge in [0.1, 0.15) is 11.4 Å². The van der Waals surface area contributed by atoms with Gasteiger partial charge in [0, 0.05) is 24.9 Å². The molecule has 4 rings (SSSR count). The number of amides is 1. The van der Waals surface area contributed by atoms with E-state index < -0.39 is 0 Å². The first-order chi connectivity index (χ1) is 14.1. The zero-order chi connectivity index (χ0) is 20.2. The van der Waals surface area contributed by atoms with Crippen molar-refractivity contribution in [2.45, 2.75) is 25.9 Å². The maximum Gasteiger partial charge on any atom is 0.255 e. The number of methoxy groups -OCH3 is 1. The van der Waals surface area contributed by atoms with Crippen LogP contribution in [-0.2, 0) is 4.74 Å². The molecule has 150 valence electrons. The van der Waals surface area contributed by atoms with Gasteiger partial charge in [0.25, 0.3) is 5.91 Å². The third-order valence-corrected chi connectivity index (χ3v) is 5.11. The average Bonchev–Trinajstić information content (AvgIpc) is 3.43. The molecule has 0 radical (unpaired) electrons. The van der Waals surface area contributed by atoms with Gasteiger partial charge in [0.05, 0.1) is 24.5 Å². The second-order valence-corrected chi connectivity index (χ2v) is 7.25. The molecule has 3 aromatic rings. The van der Waals surface area contributed by atoms with E-state index in [2.05, 4.69) is 5.32 Å². The van der Waals surface area contributed by atoms with Gasteiger partial charge in [-0.3, -0.25) is 4.79 Å². The third-order valence-electron chi connectivity index (χ3n) is 5.11. The highest BCUT2D eigenvalue weighted by Gasteiger charge is 2.21. The first kappa shape index (κ1) is 19.2. The Hall–Kier alpha value is -3.12. The number of nitrogens with one attached hydrogen (secondary N) is 1. The lowest BCUT2D eigenvalue weighted by atomic mass is 10.1. The minimum absolute atomic E-state index is 0.0892. The van der Waals surface area contributed by atoms with E-state index in [1.165, 1.54) is 5.56 Å². The van der Waals surface area contributed by atoms with Crippen molar-refractivity contribution in [1.82, 2.24) is 15.1 Å². The van der Waals surface area contributed by atoms with Gasteiger partial charge in [0.15, 0.2) is 0 Å². The highest BCUT2D eigenvalue weighted by Crippen LogP contribution is 2.27. The van der Waals surface area contributed by atoms with Crippen LogP contribution in [0.2, 0.25) is 0 Å². The monoisotopic (exact) mass is 391 g/mol. The molecule has 6 heteroatoms. The fraction of sp³-hybridized carbons (Fsp3) is 0.304. The topological polar surface area (TPSA) is 65.4 Å². The summed E-state index contributed by atoms with van der Waals surface area (Å²) in [6, 6.07) is 15.6. The maximum absolute atomic E-state index is 13.0. The molecule has 0 aliphatic carbocycles. The van der Waals surface area contributed by atoms with Gasteiger partial charge in [-0.15, -0.1) is 0 Å². The zero-order valence-corrected chi connectivity index (χ0v) is 16.7. The second kappa shape index (κ2) is 8.49. The van der Waals surface area contributed by atoms with Gasteiger partial charge in [-0.05, 0) is 44.0 Å². The predicted molar refractivity (Wildman–Crippen MR) is 112 cm³/mol. The number of hydrogen-bond acceptors (Lipinski definition) is 4. The molecule has 0 unspecified atom stereocenters. The standard InChI is InChI=1S/C23H25N3O3/c1-16-8-10-18(11-9-16)26-15-21(23(27)24-14-20-7-4-12-29-20)22(25-26)17-5-3-6-19(13-17)28-2/h3,5-6,8-11,13,15,20H,4,7,12,14H2,1-2H3,(H,24,27)/t20-/m1/s1. The van der Waals surface area contributed by atoms with E-state index in [-0.39, 0.29) is 12.0 Å². The molecule has 29 heavy (non-hydrogen) atoms. The summed E-state index contributed by atoms with van der Waals surface area (Å²) in [7, 11) is 1.62. The van der Waals surface area contributed by atoms with E-state index in [0.29, 0.717) is 17.8 Å². The number of benzene rings is 2. The molecule has 0 spiro atoms. The molecule has 1 aliphatic rings. The molecule has 2 aromatic carbocycles. The Morgan fingerprint density at radius 3 is 2.83 bits per heavy atom. The Morgan fingerprint density at radius 2 is 2.10 bits per heavy atom. The molecule has 6 nitrogen and oxygen atoms in total. The minimum atomic E-state index is -0.156. The summed E-state index contributed by atoms with van der Waals surface area (Å²) in [5.74, 6) is 0.565. The predicted octanol–water partition coefficient (Wildman–Crippen LogP) is 3.77. The molecule has 1 atom stereocenters. The smallest absolute Gasteiger partial charge is 0.255 e. The molecule has 1 fully saturated rings. The fourth-order valence-corrected chi connectivity index (χ4v) is 3.46. The summed E-state index contributed by atoms with van der Waals surface area (Å²) >= 11 is 0. The molecule has 1 aliphatic heterocycles. The van der Waals surface area contributed by atoms with Crippen molar-refractivity contribution < 1.29 is 14.3 Å². The zero-order valence-electron chi connectivity index (χ0n) is 16.7. The van der Waals surface area contributed by atoms with Crippen LogP contribution in [0.3, 0.4) is 0 Å². The normalized spacial score (nSPS) is 16.0. The molecule has 0 saturated carbocycles. The molecule has 0 bridgehead atoms. The van der Waals surface area contributed by atoms with Crippen LogP contribution >= 0.6 is 0 Å². The lowest BCUT2D eigenvalue weighted by molar-refractivity contribution is 0.0858. The van der Waals surface area contributed by atoms with Crippen molar-refractivity contribution >= 4 is 5.91 Å². The molecule has 1 saturated heterocycles. The summed E-state index contributed by atoms with van der Waals surface area (Å²) in [4.78, 5) is 13.0. The first-order valence-electron chi connectivity index (χ1n) is 9.85. The Bertz CT molecular complexity index is 989. The highest BCUT2D eigenvalue weighted by atomic mass is 16.5. The van der Waals surface area contributed by atoms with E-state index in [0.717, 1.165) is 36.4 Å². The number of hydrogen-bond donors (Lipinski definition) is 1. The van der Waals surface area contributed by atoms with Crippen LogP contribution in [0, 0.1) is 6.92 Å². The number of aryl methyl sites for hydroxylation is 1. The van der Waals surface area contributed by atoms with Crippen LogP contribution in [0.1, 0.15) is 28.8 Å². The second-order valence-electron chi connectivity index (χ2n) is 7.25. The molecule has 1 N–H and O–H groups in total. The van der Waals surface area contributed by atoms with Crippen LogP contribution in [-0.4, -0.2) is 42.1 Å². The van der Waals surface area contributed by atoms with Crippen molar-refractivity contribution in [1.29, 1.82) is 0 Å².